The quantitative estimate of drug-likeness (QED) is 0.906. The number of aromatic nitrogens is 2. The van der Waals surface area contributed by atoms with E-state index in [0.717, 1.165) is 41.9 Å². The van der Waals surface area contributed by atoms with Crippen LogP contribution in [0, 0.1) is 0 Å². The van der Waals surface area contributed by atoms with Crippen molar-refractivity contribution in [3.8, 4) is 0 Å². The number of thiazole rings is 1. The van der Waals surface area contributed by atoms with Gasteiger partial charge in [-0.1, -0.05) is 0 Å². The molecule has 0 saturated heterocycles. The van der Waals surface area contributed by atoms with E-state index in [2.05, 4.69) is 15.3 Å². The molecule has 5 nitrogen and oxygen atoms in total. The Morgan fingerprint density at radius 1 is 1.43 bits per heavy atom. The molecule has 3 rings (SSSR count). The van der Waals surface area contributed by atoms with Crippen molar-refractivity contribution in [2.75, 3.05) is 5.32 Å². The minimum atomic E-state index is -0.940. The monoisotopic (exact) mass is 303 g/mol. The Morgan fingerprint density at radius 2 is 2.24 bits per heavy atom. The van der Waals surface area contributed by atoms with Crippen molar-refractivity contribution in [2.24, 2.45) is 0 Å². The molecule has 1 aliphatic carbocycles. The SMILES string of the molecule is CC(Nc1nc2c(cc1C(=O)O)CCCC2)c1nccs1. The third-order valence-corrected chi connectivity index (χ3v) is 4.66. The first-order valence-corrected chi connectivity index (χ1v) is 7.95. The maximum Gasteiger partial charge on any atom is 0.339 e. The molecule has 0 bridgehead atoms. The molecule has 110 valence electrons. The van der Waals surface area contributed by atoms with Gasteiger partial charge < -0.3 is 10.4 Å². The molecule has 2 N–H and O–H groups in total. The molecule has 2 aromatic heterocycles. The molecule has 0 aromatic carbocycles. The Labute approximate surface area is 127 Å². The highest BCUT2D eigenvalue weighted by atomic mass is 32.1. The van der Waals surface area contributed by atoms with E-state index in [1.165, 1.54) is 0 Å². The Hall–Kier alpha value is -1.95. The molecule has 0 amide bonds. The molecule has 1 aliphatic rings. The van der Waals surface area contributed by atoms with E-state index in [0.29, 0.717) is 5.82 Å². The predicted octanol–water partition coefficient (Wildman–Crippen LogP) is 3.29. The lowest BCUT2D eigenvalue weighted by Gasteiger charge is -2.20. The lowest BCUT2D eigenvalue weighted by Crippen LogP contribution is -2.16. The van der Waals surface area contributed by atoms with Crippen LogP contribution >= 0.6 is 11.3 Å². The molecule has 21 heavy (non-hydrogen) atoms. The zero-order chi connectivity index (χ0) is 14.8. The fourth-order valence-electron chi connectivity index (χ4n) is 2.62. The highest BCUT2D eigenvalue weighted by molar-refractivity contribution is 7.09. The average Bonchev–Trinajstić information content (AvgIpc) is 3.00. The average molecular weight is 303 g/mol. The van der Waals surface area contributed by atoms with Gasteiger partial charge in [0.1, 0.15) is 16.4 Å². The minimum Gasteiger partial charge on any atom is -0.478 e. The van der Waals surface area contributed by atoms with Gasteiger partial charge in [0, 0.05) is 17.3 Å². The number of anilines is 1. The molecule has 0 fully saturated rings. The summed E-state index contributed by atoms with van der Waals surface area (Å²) in [7, 11) is 0. The number of carboxylic acids is 1. The lowest BCUT2D eigenvalue weighted by molar-refractivity contribution is 0.0697. The van der Waals surface area contributed by atoms with E-state index >= 15 is 0 Å². The number of nitrogens with zero attached hydrogens (tertiary/aromatic N) is 2. The van der Waals surface area contributed by atoms with Gasteiger partial charge in [-0.3, -0.25) is 0 Å². The zero-order valence-electron chi connectivity index (χ0n) is 11.8. The highest BCUT2D eigenvalue weighted by Gasteiger charge is 2.20. The van der Waals surface area contributed by atoms with E-state index in [4.69, 9.17) is 0 Å². The minimum absolute atomic E-state index is 0.0581. The number of rotatable bonds is 4. The molecular formula is C15H17N3O2S. The van der Waals surface area contributed by atoms with E-state index in [9.17, 15) is 9.90 Å². The van der Waals surface area contributed by atoms with Crippen LogP contribution < -0.4 is 5.32 Å². The number of pyridine rings is 1. The summed E-state index contributed by atoms with van der Waals surface area (Å²) in [5.74, 6) is -0.490. The van der Waals surface area contributed by atoms with Crippen LogP contribution in [0.5, 0.6) is 0 Å². The molecule has 2 aromatic rings. The van der Waals surface area contributed by atoms with Crippen molar-refractivity contribution >= 4 is 23.1 Å². The van der Waals surface area contributed by atoms with Gasteiger partial charge in [-0.2, -0.15) is 0 Å². The van der Waals surface area contributed by atoms with E-state index in [1.54, 1.807) is 23.6 Å². The van der Waals surface area contributed by atoms with Crippen LogP contribution in [-0.2, 0) is 12.8 Å². The van der Waals surface area contributed by atoms with Crippen LogP contribution in [0.25, 0.3) is 0 Å². The van der Waals surface area contributed by atoms with E-state index in [1.807, 2.05) is 12.3 Å². The van der Waals surface area contributed by atoms with Crippen LogP contribution in [0.1, 0.15) is 52.4 Å². The first kappa shape index (κ1) is 14.0. The number of hydrogen-bond donors (Lipinski definition) is 2. The summed E-state index contributed by atoms with van der Waals surface area (Å²) in [4.78, 5) is 20.3. The Balaban J connectivity index is 1.94. The van der Waals surface area contributed by atoms with Crippen LogP contribution in [0.2, 0.25) is 0 Å². The molecule has 1 unspecified atom stereocenters. The van der Waals surface area contributed by atoms with Crippen LogP contribution in [0.3, 0.4) is 0 Å². The van der Waals surface area contributed by atoms with E-state index < -0.39 is 5.97 Å². The largest absolute Gasteiger partial charge is 0.478 e. The summed E-state index contributed by atoms with van der Waals surface area (Å²) < 4.78 is 0. The number of aromatic carboxylic acids is 1. The Bertz CT molecular complexity index is 655. The number of fused-ring (bicyclic) bond motifs is 1. The fourth-order valence-corrected chi connectivity index (χ4v) is 3.27. The summed E-state index contributed by atoms with van der Waals surface area (Å²) in [5, 5.41) is 15.4. The first-order chi connectivity index (χ1) is 10.1. The van der Waals surface area contributed by atoms with Gasteiger partial charge in [0.05, 0.1) is 6.04 Å². The topological polar surface area (TPSA) is 75.1 Å². The van der Waals surface area contributed by atoms with Gasteiger partial charge in [0.25, 0.3) is 0 Å². The number of aryl methyl sites for hydroxylation is 2. The molecule has 0 saturated carbocycles. The first-order valence-electron chi connectivity index (χ1n) is 7.07. The number of carboxylic acid groups (broad SMARTS) is 1. The summed E-state index contributed by atoms with van der Waals surface area (Å²) >= 11 is 1.54. The molecule has 0 spiro atoms. The van der Waals surface area contributed by atoms with Crippen molar-refractivity contribution < 1.29 is 9.90 Å². The zero-order valence-corrected chi connectivity index (χ0v) is 12.6. The normalized spacial score (nSPS) is 15.3. The third kappa shape index (κ3) is 2.90. The summed E-state index contributed by atoms with van der Waals surface area (Å²) in [6.07, 6.45) is 5.82. The van der Waals surface area contributed by atoms with Gasteiger partial charge in [0.2, 0.25) is 0 Å². The van der Waals surface area contributed by atoms with Gasteiger partial charge in [-0.05, 0) is 44.2 Å². The molecule has 1 atom stereocenters. The van der Waals surface area contributed by atoms with Crippen molar-refractivity contribution in [1.29, 1.82) is 0 Å². The molecule has 0 radical (unpaired) electrons. The molecule has 0 aliphatic heterocycles. The Kier molecular flexibility index (Phi) is 3.88. The second-order valence-electron chi connectivity index (χ2n) is 5.24. The van der Waals surface area contributed by atoms with Crippen molar-refractivity contribution in [1.82, 2.24) is 9.97 Å². The summed E-state index contributed by atoms with van der Waals surface area (Å²) in [5.41, 5.74) is 2.35. The smallest absolute Gasteiger partial charge is 0.339 e. The number of nitrogens with one attached hydrogen (secondary N) is 1. The second kappa shape index (κ2) is 5.81. The van der Waals surface area contributed by atoms with Crippen LogP contribution in [0.4, 0.5) is 5.82 Å². The Morgan fingerprint density at radius 3 is 2.95 bits per heavy atom. The maximum atomic E-state index is 11.5. The second-order valence-corrected chi connectivity index (χ2v) is 6.17. The van der Waals surface area contributed by atoms with Gasteiger partial charge in [-0.15, -0.1) is 11.3 Å². The molecule has 6 heteroatoms. The standard InChI is InChI=1S/C15H17N3O2S/c1-9(14-16-6-7-21-14)17-13-11(15(19)20)8-10-4-2-3-5-12(10)18-13/h6-9H,2-5H2,1H3,(H,17,18)(H,19,20). The van der Waals surface area contributed by atoms with Crippen molar-refractivity contribution in [3.63, 3.8) is 0 Å². The van der Waals surface area contributed by atoms with Crippen molar-refractivity contribution in [3.05, 3.63) is 39.5 Å². The van der Waals surface area contributed by atoms with Crippen LogP contribution in [0.15, 0.2) is 17.6 Å². The van der Waals surface area contributed by atoms with Crippen LogP contribution in [-0.4, -0.2) is 21.0 Å². The van der Waals surface area contributed by atoms with Gasteiger partial charge in [-0.25, -0.2) is 14.8 Å². The van der Waals surface area contributed by atoms with E-state index in [-0.39, 0.29) is 11.6 Å². The summed E-state index contributed by atoms with van der Waals surface area (Å²) in [6.45, 7) is 1.96. The summed E-state index contributed by atoms with van der Waals surface area (Å²) in [6, 6.07) is 1.72. The fraction of sp³-hybridized carbons (Fsp3) is 0.400. The molecule has 2 heterocycles. The molecular weight excluding hydrogens is 286 g/mol. The van der Waals surface area contributed by atoms with Crippen molar-refractivity contribution in [2.45, 2.75) is 38.6 Å². The van der Waals surface area contributed by atoms with Gasteiger partial charge in [0.15, 0.2) is 0 Å². The van der Waals surface area contributed by atoms with Gasteiger partial charge >= 0.3 is 5.97 Å². The predicted molar refractivity (Wildman–Crippen MR) is 82.0 cm³/mol. The number of hydrogen-bond acceptors (Lipinski definition) is 5. The maximum absolute atomic E-state index is 11.5. The number of carbonyl (C=O) groups is 1. The highest BCUT2D eigenvalue weighted by Crippen LogP contribution is 2.27. The lowest BCUT2D eigenvalue weighted by atomic mass is 9.94. The third-order valence-electron chi connectivity index (χ3n) is 3.71.